The SMILES string of the molecule is COc1cc(OCC2CCC(C(=O)O)CC2)ncc1NC(=O)c1nnc(Nc2ccc(F)c(F)c2)o1. The molecular formula is C23H23F2N5O6. The number of ether oxygens (including phenoxy) is 2. The Labute approximate surface area is 203 Å². The van der Waals surface area contributed by atoms with E-state index in [9.17, 15) is 18.4 Å². The fourth-order valence-electron chi connectivity index (χ4n) is 3.78. The number of carboxylic acids is 1. The van der Waals surface area contributed by atoms with Crippen LogP contribution in [0.4, 0.5) is 26.2 Å². The number of halogens is 2. The van der Waals surface area contributed by atoms with Crippen molar-refractivity contribution in [2.24, 2.45) is 11.8 Å². The average molecular weight is 503 g/mol. The van der Waals surface area contributed by atoms with Crippen molar-refractivity contribution in [3.8, 4) is 11.6 Å². The molecule has 1 fully saturated rings. The molecule has 0 atom stereocenters. The molecule has 1 aliphatic rings. The van der Waals surface area contributed by atoms with E-state index < -0.39 is 23.5 Å². The zero-order valence-corrected chi connectivity index (χ0v) is 19.2. The van der Waals surface area contributed by atoms with E-state index in [1.54, 1.807) is 0 Å². The molecular weight excluding hydrogens is 480 g/mol. The van der Waals surface area contributed by atoms with E-state index in [1.807, 2.05) is 0 Å². The van der Waals surface area contributed by atoms with E-state index in [0.29, 0.717) is 25.3 Å². The van der Waals surface area contributed by atoms with Crippen molar-refractivity contribution in [3.05, 3.63) is 48.0 Å². The topological polar surface area (TPSA) is 149 Å². The van der Waals surface area contributed by atoms with Crippen LogP contribution in [-0.4, -0.2) is 45.9 Å². The average Bonchev–Trinajstić information content (AvgIpc) is 3.34. The van der Waals surface area contributed by atoms with Crippen LogP contribution in [0, 0.1) is 23.5 Å². The summed E-state index contributed by atoms with van der Waals surface area (Å²) in [5.41, 5.74) is 0.381. The first kappa shape index (κ1) is 24.8. The Bertz CT molecular complexity index is 1250. The number of carboxylic acid groups (broad SMARTS) is 1. The molecule has 0 radical (unpaired) electrons. The van der Waals surface area contributed by atoms with Crippen LogP contribution >= 0.6 is 0 Å². The summed E-state index contributed by atoms with van der Waals surface area (Å²) in [6.45, 7) is 0.393. The lowest BCUT2D eigenvalue weighted by Gasteiger charge is -2.25. The number of hydrogen-bond donors (Lipinski definition) is 3. The monoisotopic (exact) mass is 503 g/mol. The maximum Gasteiger partial charge on any atom is 0.320 e. The molecule has 4 rings (SSSR count). The largest absolute Gasteiger partial charge is 0.494 e. The molecule has 1 saturated carbocycles. The fourth-order valence-corrected chi connectivity index (χ4v) is 3.78. The minimum absolute atomic E-state index is 0.154. The third kappa shape index (κ3) is 6.03. The number of aromatic nitrogens is 3. The Hall–Kier alpha value is -4.29. The van der Waals surface area contributed by atoms with Gasteiger partial charge in [0.2, 0.25) is 5.88 Å². The van der Waals surface area contributed by atoms with Gasteiger partial charge in [-0.25, -0.2) is 13.8 Å². The van der Waals surface area contributed by atoms with Gasteiger partial charge in [0.15, 0.2) is 11.6 Å². The molecule has 0 spiro atoms. The first-order valence-corrected chi connectivity index (χ1v) is 11.1. The standard InChI is InChI=1S/C23H23F2N5O6/c1-34-18-9-19(35-11-12-2-4-13(5-3-12)22(32)33)26-10-17(18)28-20(31)21-29-30-23(36-21)27-14-6-7-15(24)16(25)8-14/h6-10,12-13H,2-5,11H2,1H3,(H,27,30)(H,28,31)(H,32,33). The Morgan fingerprint density at radius 2 is 1.92 bits per heavy atom. The number of hydrogen-bond acceptors (Lipinski definition) is 9. The van der Waals surface area contributed by atoms with Crippen LogP contribution in [0.15, 0.2) is 34.9 Å². The number of benzene rings is 1. The van der Waals surface area contributed by atoms with Crippen LogP contribution in [0.5, 0.6) is 11.6 Å². The Balaban J connectivity index is 1.33. The van der Waals surface area contributed by atoms with Crippen molar-refractivity contribution in [3.63, 3.8) is 0 Å². The van der Waals surface area contributed by atoms with E-state index in [1.165, 1.54) is 25.4 Å². The van der Waals surface area contributed by atoms with Gasteiger partial charge >= 0.3 is 23.8 Å². The highest BCUT2D eigenvalue weighted by Crippen LogP contribution is 2.31. The number of rotatable bonds is 9. The Morgan fingerprint density at radius 3 is 2.61 bits per heavy atom. The normalized spacial score (nSPS) is 17.3. The van der Waals surface area contributed by atoms with Crippen molar-refractivity contribution < 1.29 is 37.4 Å². The molecule has 1 aromatic carbocycles. The van der Waals surface area contributed by atoms with Gasteiger partial charge in [0.1, 0.15) is 11.4 Å². The lowest BCUT2D eigenvalue weighted by atomic mass is 9.82. The molecule has 1 aliphatic carbocycles. The second-order valence-corrected chi connectivity index (χ2v) is 8.21. The highest BCUT2D eigenvalue weighted by Gasteiger charge is 2.26. The Kier molecular flexibility index (Phi) is 7.56. The highest BCUT2D eigenvalue weighted by atomic mass is 19.2. The third-order valence-electron chi connectivity index (χ3n) is 5.76. The van der Waals surface area contributed by atoms with Crippen molar-refractivity contribution in [1.82, 2.24) is 15.2 Å². The van der Waals surface area contributed by atoms with Crippen molar-refractivity contribution in [2.75, 3.05) is 24.4 Å². The van der Waals surface area contributed by atoms with E-state index >= 15 is 0 Å². The van der Waals surface area contributed by atoms with E-state index in [0.717, 1.165) is 25.0 Å². The summed E-state index contributed by atoms with van der Waals surface area (Å²) in [4.78, 5) is 27.8. The summed E-state index contributed by atoms with van der Waals surface area (Å²) in [5.74, 6) is -3.44. The van der Waals surface area contributed by atoms with E-state index in [4.69, 9.17) is 19.0 Å². The number of anilines is 3. The van der Waals surface area contributed by atoms with Crippen LogP contribution in [-0.2, 0) is 4.79 Å². The van der Waals surface area contributed by atoms with E-state index in [-0.39, 0.29) is 40.9 Å². The summed E-state index contributed by atoms with van der Waals surface area (Å²) < 4.78 is 42.7. The van der Waals surface area contributed by atoms with Crippen molar-refractivity contribution >= 4 is 29.3 Å². The Morgan fingerprint density at radius 1 is 1.14 bits per heavy atom. The molecule has 2 aromatic heterocycles. The van der Waals surface area contributed by atoms with Crippen LogP contribution in [0.25, 0.3) is 0 Å². The minimum atomic E-state index is -1.06. The molecule has 0 bridgehead atoms. The van der Waals surface area contributed by atoms with Crippen molar-refractivity contribution in [2.45, 2.75) is 25.7 Å². The predicted molar refractivity (Wildman–Crippen MR) is 121 cm³/mol. The number of methoxy groups -OCH3 is 1. The lowest BCUT2D eigenvalue weighted by molar-refractivity contribution is -0.143. The molecule has 13 heteroatoms. The fraction of sp³-hybridized carbons (Fsp3) is 0.348. The number of carbonyl (C=O) groups is 2. The molecule has 0 saturated heterocycles. The number of amides is 1. The first-order valence-electron chi connectivity index (χ1n) is 11.1. The highest BCUT2D eigenvalue weighted by molar-refractivity contribution is 6.01. The van der Waals surface area contributed by atoms with Crippen LogP contribution < -0.4 is 20.1 Å². The molecule has 3 N–H and O–H groups in total. The summed E-state index contributed by atoms with van der Waals surface area (Å²) >= 11 is 0. The molecule has 0 aliphatic heterocycles. The van der Waals surface area contributed by atoms with Crippen molar-refractivity contribution in [1.29, 1.82) is 0 Å². The van der Waals surface area contributed by atoms with Gasteiger partial charge in [0.25, 0.3) is 0 Å². The smallest absolute Gasteiger partial charge is 0.320 e. The van der Waals surface area contributed by atoms with Crippen LogP contribution in [0.3, 0.4) is 0 Å². The van der Waals surface area contributed by atoms with Gasteiger partial charge in [0.05, 0.1) is 25.8 Å². The van der Waals surface area contributed by atoms with Crippen LogP contribution in [0.2, 0.25) is 0 Å². The van der Waals surface area contributed by atoms with Gasteiger partial charge in [-0.3, -0.25) is 9.59 Å². The van der Waals surface area contributed by atoms with Gasteiger partial charge in [-0.1, -0.05) is 5.10 Å². The number of carbonyl (C=O) groups excluding carboxylic acids is 1. The first-order chi connectivity index (χ1) is 17.3. The third-order valence-corrected chi connectivity index (χ3v) is 5.76. The number of nitrogens with one attached hydrogen (secondary N) is 2. The van der Waals surface area contributed by atoms with E-state index in [2.05, 4.69) is 25.8 Å². The summed E-state index contributed by atoms with van der Waals surface area (Å²) in [7, 11) is 1.42. The number of pyridine rings is 1. The maximum atomic E-state index is 13.3. The molecule has 0 unspecified atom stereocenters. The van der Waals surface area contributed by atoms with Gasteiger partial charge in [-0.2, -0.15) is 0 Å². The molecule has 1 amide bonds. The van der Waals surface area contributed by atoms with Gasteiger partial charge in [-0.15, -0.1) is 5.10 Å². The van der Waals surface area contributed by atoms with Gasteiger partial charge < -0.3 is 29.6 Å². The zero-order valence-electron chi connectivity index (χ0n) is 19.2. The molecule has 36 heavy (non-hydrogen) atoms. The summed E-state index contributed by atoms with van der Waals surface area (Å²) in [5, 5.41) is 21.5. The maximum absolute atomic E-state index is 13.3. The summed E-state index contributed by atoms with van der Waals surface area (Å²) in [6, 6.07) is 4.42. The quantitative estimate of drug-likeness (QED) is 0.391. The molecule has 2 heterocycles. The molecule has 3 aromatic rings. The zero-order chi connectivity index (χ0) is 25.7. The summed E-state index contributed by atoms with van der Waals surface area (Å²) in [6.07, 6.45) is 4.13. The number of aliphatic carboxylic acids is 1. The lowest BCUT2D eigenvalue weighted by Crippen LogP contribution is -2.24. The molecule has 190 valence electrons. The van der Waals surface area contributed by atoms with Gasteiger partial charge in [0, 0.05) is 17.8 Å². The minimum Gasteiger partial charge on any atom is -0.494 e. The second-order valence-electron chi connectivity index (χ2n) is 8.21. The van der Waals surface area contributed by atoms with Gasteiger partial charge in [-0.05, 0) is 43.7 Å². The second kappa shape index (κ2) is 11.0. The molecule has 11 nitrogen and oxygen atoms in total. The number of nitrogens with zero attached hydrogens (tertiary/aromatic N) is 3. The van der Waals surface area contributed by atoms with Crippen LogP contribution in [0.1, 0.15) is 36.4 Å². The predicted octanol–water partition coefficient (Wildman–Crippen LogP) is 4.02.